The average Bonchev–Trinajstić information content (AvgIpc) is 3.15. The molecule has 2 aliphatic rings. The molecule has 2 fully saturated rings. The molecular weight excluding hydrogens is 319 g/mol. The smallest absolute Gasteiger partial charge is 0.234 e. The van der Waals surface area contributed by atoms with Gasteiger partial charge in [-0.25, -0.2) is 4.39 Å². The number of carbonyl (C=O) groups is 1. The Kier molecular flexibility index (Phi) is 6.43. The van der Waals surface area contributed by atoms with E-state index >= 15 is 0 Å². The second-order valence-electron chi connectivity index (χ2n) is 7.28. The molecule has 2 unspecified atom stereocenters. The van der Waals surface area contributed by atoms with Gasteiger partial charge in [-0.3, -0.25) is 9.69 Å². The van der Waals surface area contributed by atoms with Crippen LogP contribution < -0.4 is 5.32 Å². The Morgan fingerprint density at radius 1 is 1.32 bits per heavy atom. The maximum Gasteiger partial charge on any atom is 0.234 e. The van der Waals surface area contributed by atoms with Crippen LogP contribution in [0.3, 0.4) is 0 Å². The lowest BCUT2D eigenvalue weighted by Crippen LogP contribution is -2.47. The first-order chi connectivity index (χ1) is 12.2. The molecule has 1 saturated heterocycles. The minimum Gasteiger partial charge on any atom is -0.376 e. The normalized spacial score (nSPS) is 23.5. The van der Waals surface area contributed by atoms with Gasteiger partial charge in [0.25, 0.3) is 0 Å². The van der Waals surface area contributed by atoms with Gasteiger partial charge < -0.3 is 10.1 Å². The molecule has 4 nitrogen and oxygen atoms in total. The summed E-state index contributed by atoms with van der Waals surface area (Å²) in [7, 11) is 0. The third kappa shape index (κ3) is 5.02. The van der Waals surface area contributed by atoms with Crippen molar-refractivity contribution in [3.63, 3.8) is 0 Å². The van der Waals surface area contributed by atoms with E-state index in [1.165, 1.54) is 25.0 Å². The Morgan fingerprint density at radius 2 is 2.04 bits per heavy atom. The van der Waals surface area contributed by atoms with Crippen LogP contribution in [0, 0.1) is 11.7 Å². The lowest BCUT2D eigenvalue weighted by Gasteiger charge is -2.33. The van der Waals surface area contributed by atoms with Crippen molar-refractivity contribution in [1.29, 1.82) is 0 Å². The van der Waals surface area contributed by atoms with Gasteiger partial charge >= 0.3 is 0 Å². The van der Waals surface area contributed by atoms with Crippen molar-refractivity contribution in [2.75, 3.05) is 26.2 Å². The SMILES string of the molecule is CCC1CN(CC(=O)NC(c2ccc(F)cc2)C2CCCC2)CCO1. The Bertz CT molecular complexity index is 557. The van der Waals surface area contributed by atoms with Gasteiger partial charge in [0.05, 0.1) is 25.3 Å². The van der Waals surface area contributed by atoms with E-state index in [1.54, 1.807) is 12.1 Å². The Morgan fingerprint density at radius 3 is 2.72 bits per heavy atom. The highest BCUT2D eigenvalue weighted by atomic mass is 19.1. The Hall–Kier alpha value is -1.46. The van der Waals surface area contributed by atoms with Crippen molar-refractivity contribution in [3.05, 3.63) is 35.6 Å². The van der Waals surface area contributed by atoms with Gasteiger partial charge in [-0.2, -0.15) is 0 Å². The fourth-order valence-corrected chi connectivity index (χ4v) is 4.03. The van der Waals surface area contributed by atoms with Crippen molar-refractivity contribution in [2.24, 2.45) is 5.92 Å². The summed E-state index contributed by atoms with van der Waals surface area (Å²) in [5, 5.41) is 3.23. The molecule has 25 heavy (non-hydrogen) atoms. The molecule has 0 spiro atoms. The molecule has 0 radical (unpaired) electrons. The molecule has 2 atom stereocenters. The lowest BCUT2D eigenvalue weighted by atomic mass is 9.91. The van der Waals surface area contributed by atoms with Gasteiger partial charge in [0.15, 0.2) is 0 Å². The summed E-state index contributed by atoms with van der Waals surface area (Å²) in [5.74, 6) is 0.264. The molecule has 5 heteroatoms. The second kappa shape index (κ2) is 8.77. The number of halogens is 1. The number of benzene rings is 1. The van der Waals surface area contributed by atoms with Crippen molar-refractivity contribution < 1.29 is 13.9 Å². The fraction of sp³-hybridized carbons (Fsp3) is 0.650. The summed E-state index contributed by atoms with van der Waals surface area (Å²) < 4.78 is 18.9. The number of morpholine rings is 1. The summed E-state index contributed by atoms with van der Waals surface area (Å²) in [6, 6.07) is 6.56. The van der Waals surface area contributed by atoms with E-state index in [-0.39, 0.29) is 23.9 Å². The van der Waals surface area contributed by atoms with Crippen molar-refractivity contribution in [3.8, 4) is 0 Å². The highest BCUT2D eigenvalue weighted by Gasteiger charge is 2.29. The van der Waals surface area contributed by atoms with Gasteiger partial charge in [-0.1, -0.05) is 31.9 Å². The lowest BCUT2D eigenvalue weighted by molar-refractivity contribution is -0.125. The van der Waals surface area contributed by atoms with E-state index in [2.05, 4.69) is 17.1 Å². The minimum atomic E-state index is -0.237. The number of carbonyl (C=O) groups excluding carboxylic acids is 1. The molecular formula is C20H29FN2O2. The molecule has 1 heterocycles. The molecule has 3 rings (SSSR count). The van der Waals surface area contributed by atoms with Crippen LogP contribution in [0.25, 0.3) is 0 Å². The first-order valence-electron chi connectivity index (χ1n) is 9.54. The van der Waals surface area contributed by atoms with E-state index in [9.17, 15) is 9.18 Å². The topological polar surface area (TPSA) is 41.6 Å². The third-order valence-corrected chi connectivity index (χ3v) is 5.46. The predicted molar refractivity (Wildman–Crippen MR) is 95.7 cm³/mol. The van der Waals surface area contributed by atoms with E-state index in [0.717, 1.165) is 37.9 Å². The largest absolute Gasteiger partial charge is 0.376 e. The van der Waals surface area contributed by atoms with Gasteiger partial charge in [0, 0.05) is 13.1 Å². The Balaban J connectivity index is 1.63. The first kappa shape index (κ1) is 18.3. The van der Waals surface area contributed by atoms with Crippen LogP contribution in [0.2, 0.25) is 0 Å². The molecule has 1 saturated carbocycles. The number of hydrogen-bond acceptors (Lipinski definition) is 3. The molecule has 1 aliphatic heterocycles. The number of rotatable bonds is 6. The predicted octanol–water partition coefficient (Wildman–Crippen LogP) is 3.28. The van der Waals surface area contributed by atoms with Gasteiger partial charge in [0.2, 0.25) is 5.91 Å². The number of amides is 1. The van der Waals surface area contributed by atoms with Crippen LogP contribution in [0.4, 0.5) is 4.39 Å². The van der Waals surface area contributed by atoms with Crippen molar-refractivity contribution in [2.45, 2.75) is 51.2 Å². The number of nitrogens with zero attached hydrogens (tertiary/aromatic N) is 1. The molecule has 1 aromatic rings. The van der Waals surface area contributed by atoms with Gasteiger partial charge in [0.1, 0.15) is 5.82 Å². The number of ether oxygens (including phenoxy) is 1. The third-order valence-electron chi connectivity index (χ3n) is 5.46. The van der Waals surface area contributed by atoms with Crippen LogP contribution >= 0.6 is 0 Å². The standard InChI is InChI=1S/C20H29FN2O2/c1-2-18-13-23(11-12-25-18)14-19(24)22-20(15-5-3-4-6-15)16-7-9-17(21)10-8-16/h7-10,15,18,20H,2-6,11-14H2,1H3,(H,22,24). The minimum absolute atomic E-state index is 0.0152. The zero-order chi connectivity index (χ0) is 17.6. The van der Waals surface area contributed by atoms with E-state index < -0.39 is 0 Å². The van der Waals surface area contributed by atoms with Crippen LogP contribution in [0.5, 0.6) is 0 Å². The Labute approximate surface area is 149 Å². The van der Waals surface area contributed by atoms with E-state index in [1.807, 2.05) is 0 Å². The monoisotopic (exact) mass is 348 g/mol. The molecule has 1 aliphatic carbocycles. The molecule has 1 N–H and O–H groups in total. The molecule has 1 aromatic carbocycles. The summed E-state index contributed by atoms with van der Waals surface area (Å²) in [6.07, 6.45) is 5.86. The van der Waals surface area contributed by atoms with Crippen molar-refractivity contribution >= 4 is 5.91 Å². The van der Waals surface area contributed by atoms with Gasteiger partial charge in [-0.15, -0.1) is 0 Å². The zero-order valence-electron chi connectivity index (χ0n) is 15.0. The molecule has 0 aromatic heterocycles. The summed E-state index contributed by atoms with van der Waals surface area (Å²) in [6.45, 7) is 4.82. The summed E-state index contributed by atoms with van der Waals surface area (Å²) in [4.78, 5) is 14.8. The average molecular weight is 348 g/mol. The molecule has 138 valence electrons. The second-order valence-corrected chi connectivity index (χ2v) is 7.28. The number of hydrogen-bond donors (Lipinski definition) is 1. The van der Waals surface area contributed by atoms with Crippen LogP contribution in [0.15, 0.2) is 24.3 Å². The zero-order valence-corrected chi connectivity index (χ0v) is 15.0. The van der Waals surface area contributed by atoms with Gasteiger partial charge in [-0.05, 0) is 42.9 Å². The quantitative estimate of drug-likeness (QED) is 0.858. The summed E-state index contributed by atoms with van der Waals surface area (Å²) >= 11 is 0. The maximum absolute atomic E-state index is 13.3. The molecule has 0 bridgehead atoms. The number of nitrogens with one attached hydrogen (secondary N) is 1. The highest BCUT2D eigenvalue weighted by molar-refractivity contribution is 5.78. The van der Waals surface area contributed by atoms with Crippen LogP contribution in [0.1, 0.15) is 50.6 Å². The maximum atomic E-state index is 13.3. The van der Waals surface area contributed by atoms with Crippen molar-refractivity contribution in [1.82, 2.24) is 10.2 Å². The van der Waals surface area contributed by atoms with E-state index in [0.29, 0.717) is 19.1 Å². The molecule has 1 amide bonds. The summed E-state index contributed by atoms with van der Waals surface area (Å²) in [5.41, 5.74) is 1.01. The fourth-order valence-electron chi connectivity index (χ4n) is 4.03. The van der Waals surface area contributed by atoms with E-state index in [4.69, 9.17) is 4.74 Å². The first-order valence-corrected chi connectivity index (χ1v) is 9.54. The van der Waals surface area contributed by atoms with Crippen LogP contribution in [-0.4, -0.2) is 43.2 Å². The highest BCUT2D eigenvalue weighted by Crippen LogP contribution is 2.35. The van der Waals surface area contributed by atoms with Crippen LogP contribution in [-0.2, 0) is 9.53 Å².